The fraction of sp³-hybridized carbons (Fsp3) is 0.400. The van der Waals surface area contributed by atoms with Crippen LogP contribution in [0.1, 0.15) is 55.5 Å². The minimum Gasteiger partial charge on any atom is -0.481 e. The van der Waals surface area contributed by atoms with Crippen LogP contribution in [0.3, 0.4) is 0 Å². The number of aryl methyl sites for hydroxylation is 2. The molecule has 2 aromatic heterocycles. The van der Waals surface area contributed by atoms with Crippen LogP contribution >= 0.6 is 0 Å². The summed E-state index contributed by atoms with van der Waals surface area (Å²) < 4.78 is 35.2. The number of aromatic nitrogens is 2. The van der Waals surface area contributed by atoms with E-state index in [0.29, 0.717) is 32.2 Å². The molecule has 0 saturated heterocycles. The highest BCUT2D eigenvalue weighted by Crippen LogP contribution is 2.49. The quantitative estimate of drug-likeness (QED) is 0.295. The summed E-state index contributed by atoms with van der Waals surface area (Å²) in [6.07, 6.45) is 4.38. The van der Waals surface area contributed by atoms with Gasteiger partial charge in [-0.05, 0) is 68.2 Å². The Kier molecular flexibility index (Phi) is 5.51. The predicted molar refractivity (Wildman–Crippen MR) is 138 cm³/mol. The Morgan fingerprint density at radius 1 is 1.05 bits per heavy atom. The Balaban J connectivity index is 1.41. The van der Waals surface area contributed by atoms with E-state index in [1.54, 1.807) is 0 Å². The topological polar surface area (TPSA) is 68.3 Å². The van der Waals surface area contributed by atoms with E-state index < -0.39 is 17.3 Å². The van der Waals surface area contributed by atoms with E-state index in [2.05, 4.69) is 34.1 Å². The molecule has 0 atom stereocenters. The third-order valence-electron chi connectivity index (χ3n) is 8.40. The molecule has 7 heteroatoms. The highest BCUT2D eigenvalue weighted by atomic mass is 19.3. The van der Waals surface area contributed by atoms with Crippen LogP contribution in [-0.2, 0) is 16.8 Å². The zero-order chi connectivity index (χ0) is 25.9. The molecule has 4 aromatic rings. The van der Waals surface area contributed by atoms with E-state index in [4.69, 9.17) is 4.52 Å². The molecular weight excluding hydrogens is 474 g/mol. The number of hydrogen-bond acceptors (Lipinski definition) is 3. The maximum absolute atomic E-state index is 13.8. The lowest BCUT2D eigenvalue weighted by atomic mass is 9.87. The molecule has 2 aliphatic rings. The Labute approximate surface area is 214 Å². The van der Waals surface area contributed by atoms with Crippen LogP contribution in [0.15, 0.2) is 53.2 Å². The van der Waals surface area contributed by atoms with Crippen molar-refractivity contribution in [1.82, 2.24) is 9.72 Å². The van der Waals surface area contributed by atoms with Crippen LogP contribution in [0.4, 0.5) is 8.78 Å². The summed E-state index contributed by atoms with van der Waals surface area (Å²) in [5.74, 6) is -2.36. The van der Waals surface area contributed by atoms with E-state index in [0.717, 1.165) is 50.2 Å². The van der Waals surface area contributed by atoms with Gasteiger partial charge in [-0.25, -0.2) is 8.78 Å². The van der Waals surface area contributed by atoms with E-state index in [1.165, 1.54) is 0 Å². The van der Waals surface area contributed by atoms with E-state index in [-0.39, 0.29) is 18.8 Å². The molecule has 6 rings (SSSR count). The molecule has 37 heavy (non-hydrogen) atoms. The molecule has 2 fully saturated rings. The lowest BCUT2D eigenvalue weighted by Gasteiger charge is -2.28. The highest BCUT2D eigenvalue weighted by molar-refractivity contribution is 5.98. The summed E-state index contributed by atoms with van der Waals surface area (Å²) in [5.41, 5.74) is 6.02. The number of fused-ring (bicyclic) bond motifs is 1. The van der Waals surface area contributed by atoms with Gasteiger partial charge in [0.2, 0.25) is 5.92 Å². The lowest BCUT2D eigenvalue weighted by Crippen LogP contribution is -2.26. The molecule has 0 amide bonds. The van der Waals surface area contributed by atoms with Gasteiger partial charge in [-0.15, -0.1) is 0 Å². The summed E-state index contributed by atoms with van der Waals surface area (Å²) >= 11 is 0. The molecule has 0 aliphatic heterocycles. The first-order chi connectivity index (χ1) is 17.7. The molecule has 2 saturated carbocycles. The van der Waals surface area contributed by atoms with Gasteiger partial charge in [0.15, 0.2) is 0 Å². The van der Waals surface area contributed by atoms with Gasteiger partial charge in [-0.2, -0.15) is 0 Å². The second kappa shape index (κ2) is 8.54. The molecule has 0 bridgehead atoms. The first kappa shape index (κ1) is 23.9. The molecule has 2 heterocycles. The van der Waals surface area contributed by atoms with Gasteiger partial charge in [0.25, 0.3) is 0 Å². The SMILES string of the molecule is Cc1noc(C)c1-c1ccc2c(-c3ccc(C4(C(=O)O)CC4)cc3)cn(CC3CCC(F)(F)CC3)c2c1. The lowest BCUT2D eigenvalue weighted by molar-refractivity contribution is -0.140. The van der Waals surface area contributed by atoms with E-state index >= 15 is 0 Å². The van der Waals surface area contributed by atoms with Crippen molar-refractivity contribution in [3.05, 3.63) is 65.7 Å². The first-order valence-corrected chi connectivity index (χ1v) is 13.0. The minimum absolute atomic E-state index is 0.0547. The molecule has 1 N–H and O–H groups in total. The van der Waals surface area contributed by atoms with Gasteiger partial charge in [-0.3, -0.25) is 4.79 Å². The molecule has 2 aliphatic carbocycles. The molecule has 5 nitrogen and oxygen atoms in total. The predicted octanol–water partition coefficient (Wildman–Crippen LogP) is 7.52. The maximum atomic E-state index is 13.8. The molecule has 0 radical (unpaired) electrons. The van der Waals surface area contributed by atoms with Crippen LogP contribution in [0.2, 0.25) is 0 Å². The first-order valence-electron chi connectivity index (χ1n) is 13.0. The van der Waals surface area contributed by atoms with Gasteiger partial charge in [0.05, 0.1) is 11.1 Å². The van der Waals surface area contributed by atoms with Crippen LogP contribution in [0, 0.1) is 19.8 Å². The Bertz CT molecular complexity index is 1470. The average molecular weight is 505 g/mol. The zero-order valence-electron chi connectivity index (χ0n) is 21.1. The van der Waals surface area contributed by atoms with Crippen molar-refractivity contribution in [2.24, 2.45) is 5.92 Å². The van der Waals surface area contributed by atoms with E-state index in [1.807, 2.05) is 38.1 Å². The van der Waals surface area contributed by atoms with Crippen molar-refractivity contribution in [1.29, 1.82) is 0 Å². The summed E-state index contributed by atoms with van der Waals surface area (Å²) in [6.45, 7) is 4.50. The molecule has 192 valence electrons. The minimum atomic E-state index is -2.55. The van der Waals surface area contributed by atoms with Crippen LogP contribution in [-0.4, -0.2) is 26.7 Å². The van der Waals surface area contributed by atoms with Crippen molar-refractivity contribution in [3.63, 3.8) is 0 Å². The number of carbonyl (C=O) groups is 1. The van der Waals surface area contributed by atoms with E-state index in [9.17, 15) is 18.7 Å². The largest absolute Gasteiger partial charge is 0.481 e. The summed E-state index contributed by atoms with van der Waals surface area (Å²) in [5, 5.41) is 14.8. The molecule has 0 unspecified atom stereocenters. The number of rotatable bonds is 6. The highest BCUT2D eigenvalue weighted by Gasteiger charge is 2.51. The number of benzene rings is 2. The smallest absolute Gasteiger partial charge is 0.314 e. The summed E-state index contributed by atoms with van der Waals surface area (Å²) in [6, 6.07) is 14.2. The summed E-state index contributed by atoms with van der Waals surface area (Å²) in [4.78, 5) is 11.8. The van der Waals surface area contributed by atoms with Gasteiger partial charge in [0, 0.05) is 47.6 Å². The number of hydrogen-bond donors (Lipinski definition) is 1. The number of carboxylic acids is 1. The van der Waals surface area contributed by atoms with Crippen molar-refractivity contribution >= 4 is 16.9 Å². The average Bonchev–Trinajstić information content (AvgIpc) is 3.53. The monoisotopic (exact) mass is 504 g/mol. The Morgan fingerprint density at radius 3 is 2.32 bits per heavy atom. The Morgan fingerprint density at radius 2 is 1.73 bits per heavy atom. The van der Waals surface area contributed by atoms with Crippen molar-refractivity contribution in [2.45, 2.75) is 70.3 Å². The van der Waals surface area contributed by atoms with Crippen LogP contribution in [0.25, 0.3) is 33.2 Å². The van der Waals surface area contributed by atoms with Crippen LogP contribution < -0.4 is 0 Å². The molecule has 0 spiro atoms. The van der Waals surface area contributed by atoms with Crippen molar-refractivity contribution < 1.29 is 23.2 Å². The normalized spacial score (nSPS) is 18.8. The van der Waals surface area contributed by atoms with Gasteiger partial charge < -0.3 is 14.2 Å². The second-order valence-corrected chi connectivity index (χ2v) is 10.9. The number of alkyl halides is 2. The molecular formula is C30H30F2N2O3. The number of nitrogens with zero attached hydrogens (tertiary/aromatic N) is 2. The number of halogens is 2. The van der Waals surface area contributed by atoms with Crippen molar-refractivity contribution in [2.75, 3.05) is 0 Å². The van der Waals surface area contributed by atoms with Gasteiger partial charge in [0.1, 0.15) is 5.76 Å². The third-order valence-corrected chi connectivity index (χ3v) is 8.40. The number of carboxylic acid groups (broad SMARTS) is 1. The van der Waals surface area contributed by atoms with Gasteiger partial charge in [-0.1, -0.05) is 41.6 Å². The second-order valence-electron chi connectivity index (χ2n) is 10.9. The standard InChI is InChI=1S/C30H30F2N2O3/c1-18-27(19(2)37-33-18)22-5-8-24-25(21-3-6-23(7-4-21)29(13-14-29)28(35)36)17-34(26(24)15-22)16-20-9-11-30(31,32)12-10-20/h3-8,15,17,20H,9-14,16H2,1-2H3,(H,35,36). The zero-order valence-corrected chi connectivity index (χ0v) is 21.1. The fourth-order valence-corrected chi connectivity index (χ4v) is 6.00. The number of aliphatic carboxylic acids is 1. The van der Waals surface area contributed by atoms with Crippen molar-refractivity contribution in [3.8, 4) is 22.3 Å². The maximum Gasteiger partial charge on any atom is 0.314 e. The summed E-state index contributed by atoms with van der Waals surface area (Å²) in [7, 11) is 0. The third kappa shape index (κ3) is 4.14. The Hall–Kier alpha value is -3.48. The van der Waals surface area contributed by atoms with Gasteiger partial charge >= 0.3 is 5.97 Å². The van der Waals surface area contributed by atoms with Crippen LogP contribution in [0.5, 0.6) is 0 Å². The fourth-order valence-electron chi connectivity index (χ4n) is 6.00. The molecule has 2 aromatic carbocycles.